The molecule has 19 heavy (non-hydrogen) atoms. The van der Waals surface area contributed by atoms with E-state index in [1.165, 1.54) is 0 Å². The van der Waals surface area contributed by atoms with Crippen LogP contribution >= 0.6 is 0 Å². The fourth-order valence-corrected chi connectivity index (χ4v) is 2.22. The van der Waals surface area contributed by atoms with E-state index in [-0.39, 0.29) is 37.7 Å². The first kappa shape index (κ1) is 19.5. The van der Waals surface area contributed by atoms with Crippen LogP contribution in [0.4, 0.5) is 39.5 Å². The van der Waals surface area contributed by atoms with Gasteiger partial charge in [-0.3, -0.25) is 4.55 Å². The molecule has 0 aromatic rings. The molecular formula is C5H3CaF9O3S. The molecule has 1 aliphatic rings. The van der Waals surface area contributed by atoms with Crippen LogP contribution in [0.5, 0.6) is 0 Å². The van der Waals surface area contributed by atoms with E-state index < -0.39 is 38.8 Å². The normalized spacial score (nSPS) is 29.6. The minimum atomic E-state index is -7.29. The molecule has 112 valence electrons. The predicted octanol–water partition coefficient (Wildman–Crippen LogP) is 1.18. The van der Waals surface area contributed by atoms with E-state index in [9.17, 15) is 47.9 Å². The monoisotopic (exact) mass is 354 g/mol. The van der Waals surface area contributed by atoms with Crippen molar-refractivity contribution in [3.05, 3.63) is 0 Å². The Bertz CT molecular complexity index is 460. The quantitative estimate of drug-likeness (QED) is 0.437. The van der Waals surface area contributed by atoms with Gasteiger partial charge in [-0.2, -0.15) is 43.5 Å². The van der Waals surface area contributed by atoms with Gasteiger partial charge >= 0.3 is 76.5 Å². The van der Waals surface area contributed by atoms with Gasteiger partial charge in [0.25, 0.3) is 0 Å². The molecule has 1 saturated carbocycles. The fourth-order valence-electron chi connectivity index (χ4n) is 1.32. The molecule has 14 heteroatoms. The van der Waals surface area contributed by atoms with Crippen molar-refractivity contribution in [2.24, 2.45) is 0 Å². The minimum absolute atomic E-state index is 0. The second-order valence-corrected chi connectivity index (χ2v) is 4.88. The van der Waals surface area contributed by atoms with Gasteiger partial charge in [0.1, 0.15) is 0 Å². The average molecular weight is 354 g/mol. The third kappa shape index (κ3) is 1.71. The molecule has 0 bridgehead atoms. The molecule has 0 aromatic heterocycles. The SMILES string of the molecule is O=S(=O)(O)C1(F)C(F)(F)C(F)(F)C(F)(F)C1(F)F.[CaH2]. The van der Waals surface area contributed by atoms with Crippen molar-refractivity contribution in [2.45, 2.75) is 28.7 Å². The summed E-state index contributed by atoms with van der Waals surface area (Å²) in [6, 6.07) is 0. The van der Waals surface area contributed by atoms with Gasteiger partial charge in [0.15, 0.2) is 0 Å². The number of hydrogen-bond acceptors (Lipinski definition) is 2. The second kappa shape index (κ2) is 4.27. The zero-order valence-corrected chi connectivity index (χ0v) is 8.39. The molecule has 0 unspecified atom stereocenters. The average Bonchev–Trinajstić information content (AvgIpc) is 2.16. The number of rotatable bonds is 1. The van der Waals surface area contributed by atoms with E-state index in [1.807, 2.05) is 0 Å². The molecule has 0 heterocycles. The van der Waals surface area contributed by atoms with Crippen LogP contribution in [0.15, 0.2) is 0 Å². The Hall–Kier alpha value is 0.540. The van der Waals surface area contributed by atoms with Crippen molar-refractivity contribution in [1.29, 1.82) is 0 Å². The number of hydrogen-bond donors (Lipinski definition) is 1. The molecule has 0 atom stereocenters. The summed E-state index contributed by atoms with van der Waals surface area (Å²) in [7, 11) is -7.29. The number of halogens is 9. The van der Waals surface area contributed by atoms with Gasteiger partial charge in [0, 0.05) is 0 Å². The second-order valence-electron chi connectivity index (χ2n) is 3.37. The summed E-state index contributed by atoms with van der Waals surface area (Å²) in [5.74, 6) is -28.1. The van der Waals surface area contributed by atoms with E-state index in [0.29, 0.717) is 0 Å². The molecule has 1 aliphatic carbocycles. The van der Waals surface area contributed by atoms with Gasteiger partial charge in [0.05, 0.1) is 0 Å². The first-order valence-electron chi connectivity index (χ1n) is 3.67. The van der Waals surface area contributed by atoms with Crippen molar-refractivity contribution in [3.63, 3.8) is 0 Å². The van der Waals surface area contributed by atoms with Crippen molar-refractivity contribution < 1.29 is 52.5 Å². The van der Waals surface area contributed by atoms with Crippen molar-refractivity contribution in [1.82, 2.24) is 0 Å². The van der Waals surface area contributed by atoms with Crippen LogP contribution in [-0.2, 0) is 10.1 Å². The number of alkyl halides is 9. The van der Waals surface area contributed by atoms with Gasteiger partial charge in [-0.1, -0.05) is 0 Å². The summed E-state index contributed by atoms with van der Waals surface area (Å²) >= 11 is 0. The topological polar surface area (TPSA) is 54.4 Å². The summed E-state index contributed by atoms with van der Waals surface area (Å²) in [6.07, 6.45) is 0. The van der Waals surface area contributed by atoms with E-state index >= 15 is 0 Å². The van der Waals surface area contributed by atoms with Crippen molar-refractivity contribution in [2.75, 3.05) is 0 Å². The van der Waals surface area contributed by atoms with Crippen LogP contribution < -0.4 is 0 Å². The first-order chi connectivity index (χ1) is 7.50. The van der Waals surface area contributed by atoms with Crippen LogP contribution in [0.3, 0.4) is 0 Å². The van der Waals surface area contributed by atoms with Gasteiger partial charge in [-0.05, 0) is 0 Å². The summed E-state index contributed by atoms with van der Waals surface area (Å²) in [6.45, 7) is 0. The molecule has 0 radical (unpaired) electrons. The Kier molecular flexibility index (Phi) is 4.39. The molecule has 1 fully saturated rings. The Morgan fingerprint density at radius 3 is 0.947 bits per heavy atom. The fraction of sp³-hybridized carbons (Fsp3) is 1.00. The zero-order chi connectivity index (χ0) is 15.0. The maximum absolute atomic E-state index is 13.1. The third-order valence-corrected chi connectivity index (χ3v) is 3.57. The summed E-state index contributed by atoms with van der Waals surface area (Å²) in [5, 5.41) is -6.85. The van der Waals surface area contributed by atoms with Gasteiger partial charge in [-0.25, -0.2) is 4.39 Å². The summed E-state index contributed by atoms with van der Waals surface area (Å²) in [5.41, 5.74) is 0. The van der Waals surface area contributed by atoms with Gasteiger partial charge < -0.3 is 0 Å². The molecular weight excluding hydrogens is 351 g/mol. The Morgan fingerprint density at radius 1 is 0.632 bits per heavy atom. The predicted molar refractivity (Wildman–Crippen MR) is 43.7 cm³/mol. The summed E-state index contributed by atoms with van der Waals surface area (Å²) in [4.78, 5) is 0. The Balaban J connectivity index is 0.00000324. The summed E-state index contributed by atoms with van der Waals surface area (Å²) < 4.78 is 141. The maximum atomic E-state index is 13.1. The van der Waals surface area contributed by atoms with E-state index in [2.05, 4.69) is 0 Å². The molecule has 0 spiro atoms. The van der Waals surface area contributed by atoms with E-state index in [4.69, 9.17) is 4.55 Å². The first-order valence-corrected chi connectivity index (χ1v) is 5.11. The van der Waals surface area contributed by atoms with Crippen LogP contribution in [-0.4, -0.2) is 79.4 Å². The Morgan fingerprint density at radius 2 is 0.842 bits per heavy atom. The van der Waals surface area contributed by atoms with Gasteiger partial charge in [-0.15, -0.1) is 0 Å². The van der Waals surface area contributed by atoms with Gasteiger partial charge in [0.2, 0.25) is 0 Å². The Labute approximate surface area is 128 Å². The standard InChI is InChI=1S/C5HF9O3S.Ca.2H/c6-1(7)2(8,9)4(12,13)5(14,3(1,10)11)18(15,16)17;;;/h(H,15,16,17);;;. The van der Waals surface area contributed by atoms with Crippen molar-refractivity contribution in [3.8, 4) is 0 Å². The van der Waals surface area contributed by atoms with E-state index in [0.717, 1.165) is 0 Å². The molecule has 0 amide bonds. The van der Waals surface area contributed by atoms with Crippen LogP contribution in [0, 0.1) is 0 Å². The molecule has 0 aromatic carbocycles. The molecule has 1 N–H and O–H groups in total. The molecule has 0 saturated heterocycles. The molecule has 1 rings (SSSR count). The van der Waals surface area contributed by atoms with Crippen LogP contribution in [0.2, 0.25) is 0 Å². The molecule has 0 aliphatic heterocycles. The third-order valence-electron chi connectivity index (χ3n) is 2.35. The molecule has 3 nitrogen and oxygen atoms in total. The zero-order valence-electron chi connectivity index (χ0n) is 7.57. The van der Waals surface area contributed by atoms with Crippen molar-refractivity contribution >= 4 is 47.9 Å². The van der Waals surface area contributed by atoms with E-state index in [1.54, 1.807) is 0 Å². The van der Waals surface area contributed by atoms with Crippen LogP contribution in [0.25, 0.3) is 0 Å². The van der Waals surface area contributed by atoms with Crippen LogP contribution in [0.1, 0.15) is 0 Å².